The average Bonchev–Trinajstić information content (AvgIpc) is 3.21. The Hall–Kier alpha value is -3.32. The summed E-state index contributed by atoms with van der Waals surface area (Å²) < 4.78 is 1.65. The summed E-state index contributed by atoms with van der Waals surface area (Å²) in [4.78, 5) is 30.1. The maximum Gasteiger partial charge on any atom is 0.343 e. The lowest BCUT2D eigenvalue weighted by atomic mass is 10.0. The number of carbonyl (C=O) groups is 1. The fourth-order valence-electron chi connectivity index (χ4n) is 4.82. The van der Waals surface area contributed by atoms with Gasteiger partial charge in [-0.2, -0.15) is 5.10 Å². The molecule has 2 aliphatic rings. The summed E-state index contributed by atoms with van der Waals surface area (Å²) in [6.07, 6.45) is 4.84. The van der Waals surface area contributed by atoms with Crippen LogP contribution in [0.5, 0.6) is 0 Å². The lowest BCUT2D eigenvalue weighted by Crippen LogP contribution is -2.31. The van der Waals surface area contributed by atoms with Gasteiger partial charge >= 0.3 is 5.69 Å². The van der Waals surface area contributed by atoms with Gasteiger partial charge in [-0.25, -0.2) is 9.89 Å². The quantitative estimate of drug-likeness (QED) is 0.464. The lowest BCUT2D eigenvalue weighted by Gasteiger charge is -2.17. The van der Waals surface area contributed by atoms with E-state index in [4.69, 9.17) is 11.6 Å². The lowest BCUT2D eigenvalue weighted by molar-refractivity contribution is -0.131. The Kier molecular flexibility index (Phi) is 4.87. The predicted octanol–water partition coefficient (Wildman–Crippen LogP) is 4.30. The van der Waals surface area contributed by atoms with Crippen LogP contribution in [0.3, 0.4) is 0 Å². The minimum Gasteiger partial charge on any atom is -0.361 e. The van der Waals surface area contributed by atoms with Gasteiger partial charge in [-0.1, -0.05) is 29.8 Å². The SMILES string of the molecule is O=C(C1CC1)N1CCC(Cn2c(-c3ccc(-c4ccc5cc[nH]c5c4)cc3Cl)n[nH]c2=O)C1. The number of aromatic nitrogens is 4. The van der Waals surface area contributed by atoms with Crippen molar-refractivity contribution >= 4 is 28.4 Å². The normalized spacial score (nSPS) is 18.3. The summed E-state index contributed by atoms with van der Waals surface area (Å²) in [5, 5.41) is 8.55. The van der Waals surface area contributed by atoms with Crippen LogP contribution >= 0.6 is 11.6 Å². The molecule has 2 fully saturated rings. The first kappa shape index (κ1) is 20.3. The third-order valence-corrected chi connectivity index (χ3v) is 7.13. The summed E-state index contributed by atoms with van der Waals surface area (Å²) >= 11 is 6.69. The Morgan fingerprint density at radius 1 is 1.09 bits per heavy atom. The van der Waals surface area contributed by atoms with Crippen molar-refractivity contribution < 1.29 is 4.79 Å². The van der Waals surface area contributed by atoms with E-state index in [1.807, 2.05) is 35.4 Å². The van der Waals surface area contributed by atoms with E-state index >= 15 is 0 Å². The monoisotopic (exact) mass is 461 g/mol. The summed E-state index contributed by atoms with van der Waals surface area (Å²) in [6.45, 7) is 1.98. The van der Waals surface area contributed by atoms with E-state index < -0.39 is 0 Å². The summed E-state index contributed by atoms with van der Waals surface area (Å²) in [5.74, 6) is 1.26. The highest BCUT2D eigenvalue weighted by Gasteiger charge is 2.36. The molecule has 1 aliphatic heterocycles. The maximum atomic E-state index is 12.6. The van der Waals surface area contributed by atoms with Crippen molar-refractivity contribution in [2.45, 2.75) is 25.8 Å². The molecule has 3 heterocycles. The van der Waals surface area contributed by atoms with Gasteiger partial charge in [0.05, 0.1) is 5.02 Å². The van der Waals surface area contributed by atoms with Gasteiger partial charge < -0.3 is 9.88 Å². The molecular formula is C25H24ClN5O2. The zero-order chi connectivity index (χ0) is 22.5. The smallest absolute Gasteiger partial charge is 0.343 e. The van der Waals surface area contributed by atoms with Crippen molar-refractivity contribution in [2.24, 2.45) is 11.8 Å². The number of fused-ring (bicyclic) bond motifs is 1. The second kappa shape index (κ2) is 7.92. The number of aromatic amines is 2. The Balaban J connectivity index is 1.25. The molecule has 2 N–H and O–H groups in total. The molecule has 8 heteroatoms. The number of halogens is 1. The van der Waals surface area contributed by atoms with Crippen molar-refractivity contribution in [1.82, 2.24) is 24.6 Å². The van der Waals surface area contributed by atoms with Crippen LogP contribution in [0.2, 0.25) is 5.02 Å². The topological polar surface area (TPSA) is 86.8 Å². The Morgan fingerprint density at radius 3 is 2.73 bits per heavy atom. The van der Waals surface area contributed by atoms with Crippen LogP contribution in [-0.2, 0) is 11.3 Å². The number of H-pyrrole nitrogens is 2. The van der Waals surface area contributed by atoms with Crippen molar-refractivity contribution in [1.29, 1.82) is 0 Å². The molecule has 4 aromatic rings. The fourth-order valence-corrected chi connectivity index (χ4v) is 5.09. The summed E-state index contributed by atoms with van der Waals surface area (Å²) in [6, 6.07) is 14.1. The largest absolute Gasteiger partial charge is 0.361 e. The van der Waals surface area contributed by atoms with E-state index in [2.05, 4.69) is 33.4 Å². The van der Waals surface area contributed by atoms with Gasteiger partial charge in [-0.15, -0.1) is 0 Å². The third kappa shape index (κ3) is 3.76. The number of amides is 1. The van der Waals surface area contributed by atoms with Crippen LogP contribution in [0, 0.1) is 11.8 Å². The number of benzene rings is 2. The standard InChI is InChI=1S/C25H24ClN5O2/c26-21-11-18(19-4-1-16-7-9-27-22(16)12-19)5-6-20(21)23-28-29-25(33)31(23)14-15-8-10-30(13-15)24(32)17-2-3-17/h1,4-7,9,11-12,15,17,27H,2-3,8,10,13-14H2,(H,29,33). The number of hydrogen-bond donors (Lipinski definition) is 2. The van der Waals surface area contributed by atoms with Crippen LogP contribution in [0.1, 0.15) is 19.3 Å². The Morgan fingerprint density at radius 2 is 1.91 bits per heavy atom. The predicted molar refractivity (Wildman–Crippen MR) is 128 cm³/mol. The molecule has 0 radical (unpaired) electrons. The van der Waals surface area contributed by atoms with E-state index in [0.29, 0.717) is 29.5 Å². The van der Waals surface area contributed by atoms with Crippen LogP contribution in [0.25, 0.3) is 33.4 Å². The number of carbonyl (C=O) groups excluding carboxylic acids is 1. The molecule has 33 heavy (non-hydrogen) atoms. The van der Waals surface area contributed by atoms with Crippen LogP contribution < -0.4 is 5.69 Å². The molecule has 1 aliphatic carbocycles. The van der Waals surface area contributed by atoms with Gasteiger partial charge in [0.1, 0.15) is 0 Å². The molecule has 2 aromatic carbocycles. The van der Waals surface area contributed by atoms with Crippen LogP contribution in [0.15, 0.2) is 53.5 Å². The Bertz CT molecular complexity index is 1410. The van der Waals surface area contributed by atoms with Gasteiger partial charge in [0.15, 0.2) is 5.82 Å². The van der Waals surface area contributed by atoms with E-state index in [1.165, 1.54) is 0 Å². The van der Waals surface area contributed by atoms with Crippen molar-refractivity contribution in [3.8, 4) is 22.5 Å². The zero-order valence-electron chi connectivity index (χ0n) is 18.1. The fraction of sp³-hybridized carbons (Fsp3) is 0.320. The molecule has 168 valence electrons. The van der Waals surface area contributed by atoms with E-state index in [1.54, 1.807) is 4.57 Å². The Labute approximate surface area is 195 Å². The molecular weight excluding hydrogens is 438 g/mol. The summed E-state index contributed by atoms with van der Waals surface area (Å²) in [7, 11) is 0. The summed E-state index contributed by atoms with van der Waals surface area (Å²) in [5.41, 5.74) is 3.58. The highest BCUT2D eigenvalue weighted by molar-refractivity contribution is 6.33. The number of likely N-dealkylation sites (tertiary alicyclic amines) is 1. The van der Waals surface area contributed by atoms with Crippen LogP contribution in [-0.4, -0.2) is 43.6 Å². The first-order valence-corrected chi connectivity index (χ1v) is 11.8. The minimum atomic E-state index is -0.255. The highest BCUT2D eigenvalue weighted by atomic mass is 35.5. The highest BCUT2D eigenvalue weighted by Crippen LogP contribution is 2.34. The van der Waals surface area contributed by atoms with Crippen molar-refractivity contribution in [2.75, 3.05) is 13.1 Å². The third-order valence-electron chi connectivity index (χ3n) is 6.82. The number of rotatable bonds is 5. The van der Waals surface area contributed by atoms with Gasteiger partial charge in [0, 0.05) is 42.8 Å². The maximum absolute atomic E-state index is 12.6. The molecule has 1 atom stereocenters. The first-order valence-electron chi connectivity index (χ1n) is 11.4. The van der Waals surface area contributed by atoms with Crippen LogP contribution in [0.4, 0.5) is 0 Å². The average molecular weight is 462 g/mol. The minimum absolute atomic E-state index is 0.228. The molecule has 1 saturated heterocycles. The molecule has 1 amide bonds. The second-order valence-corrected chi connectivity index (χ2v) is 9.56. The number of hydrogen-bond acceptors (Lipinski definition) is 3. The molecule has 0 bridgehead atoms. The molecule has 1 saturated carbocycles. The van der Waals surface area contributed by atoms with Gasteiger partial charge in [-0.05, 0) is 66.0 Å². The van der Waals surface area contributed by atoms with Crippen molar-refractivity contribution in [3.63, 3.8) is 0 Å². The van der Waals surface area contributed by atoms with E-state index in [9.17, 15) is 9.59 Å². The van der Waals surface area contributed by atoms with Gasteiger partial charge in [0.2, 0.25) is 5.91 Å². The second-order valence-electron chi connectivity index (χ2n) is 9.15. The number of nitrogens with zero attached hydrogens (tertiary/aromatic N) is 3. The van der Waals surface area contributed by atoms with Gasteiger partial charge in [-0.3, -0.25) is 9.36 Å². The molecule has 2 aromatic heterocycles. The molecule has 0 spiro atoms. The zero-order valence-corrected chi connectivity index (χ0v) is 18.8. The first-order chi connectivity index (χ1) is 16.1. The van der Waals surface area contributed by atoms with Crippen molar-refractivity contribution in [3.05, 3.63) is 64.2 Å². The molecule has 1 unspecified atom stereocenters. The van der Waals surface area contributed by atoms with Gasteiger partial charge in [0.25, 0.3) is 0 Å². The molecule has 6 rings (SSSR count). The van der Waals surface area contributed by atoms with E-state index in [0.717, 1.165) is 47.8 Å². The molecule has 7 nitrogen and oxygen atoms in total. The number of nitrogens with one attached hydrogen (secondary N) is 2. The van der Waals surface area contributed by atoms with E-state index in [-0.39, 0.29) is 23.4 Å².